The number of hydrogen-bond acceptors (Lipinski definition) is 4. The second-order valence-corrected chi connectivity index (χ2v) is 4.92. The largest absolute Gasteiger partial charge is 0.365 e. The van der Waals surface area contributed by atoms with Crippen molar-refractivity contribution in [2.75, 3.05) is 25.5 Å². The molecule has 4 nitrogen and oxygen atoms in total. The zero-order valence-corrected chi connectivity index (χ0v) is 10.3. The number of rotatable bonds is 3. The van der Waals surface area contributed by atoms with Crippen molar-refractivity contribution in [1.82, 2.24) is 15.1 Å². The summed E-state index contributed by atoms with van der Waals surface area (Å²) in [5.41, 5.74) is 1.24. The van der Waals surface area contributed by atoms with Crippen LogP contribution in [0.5, 0.6) is 0 Å². The smallest absolute Gasteiger partial charge is 0.149 e. The molecule has 1 aromatic rings. The second kappa shape index (κ2) is 4.78. The fourth-order valence-corrected chi connectivity index (χ4v) is 2.03. The molecule has 0 aliphatic carbocycles. The van der Waals surface area contributed by atoms with Gasteiger partial charge in [0.05, 0.1) is 6.20 Å². The zero-order chi connectivity index (χ0) is 11.5. The lowest BCUT2D eigenvalue weighted by Gasteiger charge is -2.14. The van der Waals surface area contributed by atoms with Crippen LogP contribution in [0.3, 0.4) is 0 Å². The van der Waals surface area contributed by atoms with E-state index in [1.54, 1.807) is 0 Å². The molecule has 2 rings (SSSR count). The molecule has 0 amide bonds. The van der Waals surface area contributed by atoms with Gasteiger partial charge in [-0.25, -0.2) is 0 Å². The number of nitrogens with one attached hydrogen (secondary N) is 1. The van der Waals surface area contributed by atoms with E-state index in [4.69, 9.17) is 0 Å². The number of likely N-dealkylation sites (N-methyl/N-ethyl adjacent to an activating group) is 1. The van der Waals surface area contributed by atoms with Crippen molar-refractivity contribution in [3.05, 3.63) is 17.8 Å². The number of anilines is 1. The van der Waals surface area contributed by atoms with Crippen molar-refractivity contribution in [2.24, 2.45) is 0 Å². The van der Waals surface area contributed by atoms with Crippen LogP contribution >= 0.6 is 0 Å². The fourth-order valence-electron chi connectivity index (χ4n) is 2.03. The summed E-state index contributed by atoms with van der Waals surface area (Å²) in [6.45, 7) is 6.59. The molecule has 1 fully saturated rings. The minimum absolute atomic E-state index is 0.502. The Morgan fingerprint density at radius 1 is 1.50 bits per heavy atom. The van der Waals surface area contributed by atoms with Gasteiger partial charge in [0.25, 0.3) is 0 Å². The van der Waals surface area contributed by atoms with Crippen LogP contribution in [-0.2, 0) is 0 Å². The molecule has 0 radical (unpaired) electrons. The first-order chi connectivity index (χ1) is 7.65. The number of hydrogen-bond donors (Lipinski definition) is 1. The maximum Gasteiger partial charge on any atom is 0.149 e. The Balaban J connectivity index is 2.01. The average molecular weight is 220 g/mol. The molecule has 0 bridgehead atoms. The lowest BCUT2D eigenvalue weighted by atomic mass is 10.1. The standard InChI is InChI=1S/C12H20N4/c1-9(2)10-6-12(15-13-7-10)14-11-4-5-16(3)8-11/h6-7,9,11H,4-5,8H2,1-3H3,(H,14,15). The predicted octanol–water partition coefficient (Wildman–Crippen LogP) is 1.72. The summed E-state index contributed by atoms with van der Waals surface area (Å²) in [5.74, 6) is 1.41. The van der Waals surface area contributed by atoms with Crippen molar-refractivity contribution >= 4 is 5.82 Å². The molecule has 1 aromatic heterocycles. The van der Waals surface area contributed by atoms with Crippen LogP contribution in [0.1, 0.15) is 31.7 Å². The summed E-state index contributed by atoms with van der Waals surface area (Å²) in [6.07, 6.45) is 3.03. The lowest BCUT2D eigenvalue weighted by Crippen LogP contribution is -2.24. The molecular weight excluding hydrogens is 200 g/mol. The second-order valence-electron chi connectivity index (χ2n) is 4.92. The van der Waals surface area contributed by atoms with Gasteiger partial charge in [-0.15, -0.1) is 5.10 Å². The maximum absolute atomic E-state index is 4.13. The number of aromatic nitrogens is 2. The van der Waals surface area contributed by atoms with E-state index in [2.05, 4.69) is 47.4 Å². The van der Waals surface area contributed by atoms with E-state index in [1.165, 1.54) is 12.0 Å². The van der Waals surface area contributed by atoms with Crippen molar-refractivity contribution in [3.8, 4) is 0 Å². The van der Waals surface area contributed by atoms with Gasteiger partial charge in [-0.05, 0) is 37.6 Å². The first-order valence-electron chi connectivity index (χ1n) is 5.93. The van der Waals surface area contributed by atoms with Gasteiger partial charge in [0.1, 0.15) is 5.82 Å². The van der Waals surface area contributed by atoms with Gasteiger partial charge >= 0.3 is 0 Å². The molecule has 0 spiro atoms. The van der Waals surface area contributed by atoms with Crippen LogP contribution in [0.2, 0.25) is 0 Å². The third-order valence-electron chi connectivity index (χ3n) is 3.09. The lowest BCUT2D eigenvalue weighted by molar-refractivity contribution is 0.414. The van der Waals surface area contributed by atoms with E-state index in [0.29, 0.717) is 12.0 Å². The van der Waals surface area contributed by atoms with Gasteiger partial charge in [0.2, 0.25) is 0 Å². The Hall–Kier alpha value is -1.16. The van der Waals surface area contributed by atoms with E-state index in [9.17, 15) is 0 Å². The molecule has 0 aromatic carbocycles. The van der Waals surface area contributed by atoms with Crippen LogP contribution in [0.25, 0.3) is 0 Å². The normalized spacial score (nSPS) is 21.6. The van der Waals surface area contributed by atoms with E-state index < -0.39 is 0 Å². The molecule has 1 aliphatic heterocycles. The first-order valence-corrected chi connectivity index (χ1v) is 5.93. The highest BCUT2D eigenvalue weighted by molar-refractivity contribution is 5.38. The Morgan fingerprint density at radius 3 is 2.94 bits per heavy atom. The summed E-state index contributed by atoms with van der Waals surface area (Å²) in [5, 5.41) is 11.6. The van der Waals surface area contributed by atoms with Gasteiger partial charge < -0.3 is 10.2 Å². The van der Waals surface area contributed by atoms with Crippen molar-refractivity contribution in [1.29, 1.82) is 0 Å². The highest BCUT2D eigenvalue weighted by Gasteiger charge is 2.19. The summed E-state index contributed by atoms with van der Waals surface area (Å²) in [6, 6.07) is 2.62. The minimum Gasteiger partial charge on any atom is -0.365 e. The van der Waals surface area contributed by atoms with E-state index >= 15 is 0 Å². The average Bonchev–Trinajstić information content (AvgIpc) is 2.64. The molecule has 16 heavy (non-hydrogen) atoms. The SMILES string of the molecule is CC(C)c1cnnc(NC2CCN(C)C2)c1. The molecule has 1 atom stereocenters. The van der Waals surface area contributed by atoms with E-state index in [-0.39, 0.29) is 0 Å². The molecular formula is C12H20N4. The Kier molecular flexibility index (Phi) is 3.39. The third-order valence-corrected chi connectivity index (χ3v) is 3.09. The van der Waals surface area contributed by atoms with E-state index in [0.717, 1.165) is 18.9 Å². The minimum atomic E-state index is 0.502. The van der Waals surface area contributed by atoms with Crippen LogP contribution in [0.15, 0.2) is 12.3 Å². The third kappa shape index (κ3) is 2.70. The summed E-state index contributed by atoms with van der Waals surface area (Å²) >= 11 is 0. The van der Waals surface area contributed by atoms with Gasteiger partial charge in [0, 0.05) is 12.6 Å². The summed E-state index contributed by atoms with van der Waals surface area (Å²) in [4.78, 5) is 2.33. The summed E-state index contributed by atoms with van der Waals surface area (Å²) in [7, 11) is 2.15. The first kappa shape index (κ1) is 11.3. The van der Waals surface area contributed by atoms with Gasteiger partial charge in [-0.1, -0.05) is 13.8 Å². The molecule has 2 heterocycles. The van der Waals surface area contributed by atoms with E-state index in [1.807, 2.05) is 6.20 Å². The Morgan fingerprint density at radius 2 is 2.31 bits per heavy atom. The molecule has 4 heteroatoms. The highest BCUT2D eigenvalue weighted by atomic mass is 15.2. The molecule has 1 unspecified atom stereocenters. The van der Waals surface area contributed by atoms with Gasteiger partial charge in [-0.3, -0.25) is 0 Å². The van der Waals surface area contributed by atoms with Crippen LogP contribution in [0, 0.1) is 0 Å². The molecule has 0 saturated carbocycles. The number of likely N-dealkylation sites (tertiary alicyclic amines) is 1. The topological polar surface area (TPSA) is 41.1 Å². The van der Waals surface area contributed by atoms with Gasteiger partial charge in [-0.2, -0.15) is 5.10 Å². The van der Waals surface area contributed by atoms with Crippen molar-refractivity contribution in [2.45, 2.75) is 32.2 Å². The number of nitrogens with zero attached hydrogens (tertiary/aromatic N) is 3. The van der Waals surface area contributed by atoms with Crippen LogP contribution in [0.4, 0.5) is 5.82 Å². The maximum atomic E-state index is 4.13. The summed E-state index contributed by atoms with van der Waals surface area (Å²) < 4.78 is 0. The zero-order valence-electron chi connectivity index (χ0n) is 10.3. The van der Waals surface area contributed by atoms with Crippen molar-refractivity contribution in [3.63, 3.8) is 0 Å². The molecule has 1 N–H and O–H groups in total. The molecule has 1 saturated heterocycles. The van der Waals surface area contributed by atoms with Crippen molar-refractivity contribution < 1.29 is 0 Å². The quantitative estimate of drug-likeness (QED) is 0.842. The molecule has 1 aliphatic rings. The monoisotopic (exact) mass is 220 g/mol. The Labute approximate surface area is 97.1 Å². The predicted molar refractivity (Wildman–Crippen MR) is 65.6 cm³/mol. The van der Waals surface area contributed by atoms with Gasteiger partial charge in [0.15, 0.2) is 0 Å². The Bertz CT molecular complexity index is 351. The van der Waals surface area contributed by atoms with Crippen LogP contribution < -0.4 is 5.32 Å². The molecule has 88 valence electrons. The fraction of sp³-hybridized carbons (Fsp3) is 0.667. The highest BCUT2D eigenvalue weighted by Crippen LogP contribution is 2.17. The van der Waals surface area contributed by atoms with Crippen LogP contribution in [-0.4, -0.2) is 41.3 Å².